The Morgan fingerprint density at radius 3 is 2.69 bits per heavy atom. The van der Waals surface area contributed by atoms with Gasteiger partial charge in [0, 0.05) is 30.1 Å². The van der Waals surface area contributed by atoms with Crippen molar-refractivity contribution < 1.29 is 37.0 Å². The molecule has 3 N–H and O–H groups in total. The van der Waals surface area contributed by atoms with Gasteiger partial charge in [-0.1, -0.05) is 0 Å². The lowest BCUT2D eigenvalue weighted by Crippen LogP contribution is -2.68. The first-order chi connectivity index (χ1) is 17.0. The van der Waals surface area contributed by atoms with E-state index in [9.17, 15) is 22.8 Å². The molecule has 14 heteroatoms. The Bertz CT molecular complexity index is 1130. The number of carbonyl (C=O) groups excluding carboxylic acids is 2. The molecule has 1 saturated heterocycles. The van der Waals surface area contributed by atoms with E-state index < -0.39 is 37.0 Å². The van der Waals surface area contributed by atoms with Crippen molar-refractivity contribution in [2.45, 2.75) is 69.5 Å². The van der Waals surface area contributed by atoms with Crippen LogP contribution in [0.3, 0.4) is 0 Å². The molecule has 0 radical (unpaired) electrons. The first kappa shape index (κ1) is 24.4. The molecule has 11 nitrogen and oxygen atoms in total. The molecule has 2 amide bonds. The van der Waals surface area contributed by atoms with Crippen molar-refractivity contribution in [3.05, 3.63) is 23.5 Å². The van der Waals surface area contributed by atoms with Crippen LogP contribution < -0.4 is 15.4 Å². The molecule has 1 aliphatic heterocycles. The summed E-state index contributed by atoms with van der Waals surface area (Å²) in [6.45, 7) is 2.19. The normalized spacial score (nSPS) is 26.8. The minimum Gasteiger partial charge on any atom is -0.467 e. The standard InChI is InChI=1S/C22H27F3N6O5/c1-11(2)31-15(5-18(30-31)35-10-22(23,24)25)19(32)26-17-4-14(28-29-17)16-3-13(9-34-16)36-20(33)27-21-6-12(7-21)8-21/h4-5,11-13,16H,3,6-10H2,1-2H3,(H,27,33)(H2,26,28,29,32)/t12?,13-,16-,21?/m1/s1. The number of aromatic nitrogens is 4. The molecular weight excluding hydrogens is 485 g/mol. The first-order valence-corrected chi connectivity index (χ1v) is 11.7. The lowest BCUT2D eigenvalue weighted by Gasteiger charge is -2.61. The fourth-order valence-corrected chi connectivity index (χ4v) is 4.83. The summed E-state index contributed by atoms with van der Waals surface area (Å²) in [6.07, 6.45) is -2.27. The fourth-order valence-electron chi connectivity index (χ4n) is 4.83. The number of amides is 2. The molecule has 2 aromatic rings. The SMILES string of the molecule is CC(C)n1nc(OCC(F)(F)F)cc1C(=O)Nc1cc([C@H]2C[C@@H](OC(=O)NC34CC(C3)C4)CO2)[nH]n1. The number of alkyl carbamates (subject to hydrolysis) is 1. The number of hydrogen-bond acceptors (Lipinski definition) is 7. The highest BCUT2D eigenvalue weighted by Crippen LogP contribution is 2.56. The lowest BCUT2D eigenvalue weighted by molar-refractivity contribution is -0.154. The predicted molar refractivity (Wildman–Crippen MR) is 117 cm³/mol. The number of carbonyl (C=O) groups is 2. The monoisotopic (exact) mass is 512 g/mol. The number of nitrogens with one attached hydrogen (secondary N) is 3. The molecule has 2 aromatic heterocycles. The van der Waals surface area contributed by atoms with Gasteiger partial charge in [0.15, 0.2) is 12.4 Å². The molecule has 2 atom stereocenters. The van der Waals surface area contributed by atoms with E-state index in [-0.39, 0.29) is 35.6 Å². The minimum absolute atomic E-state index is 0.0204. The molecule has 196 valence electrons. The zero-order valence-electron chi connectivity index (χ0n) is 19.7. The van der Waals surface area contributed by atoms with Gasteiger partial charge in [-0.3, -0.25) is 14.6 Å². The van der Waals surface area contributed by atoms with Crippen LogP contribution in [0.25, 0.3) is 0 Å². The number of halogens is 3. The second kappa shape index (κ2) is 8.98. The maximum absolute atomic E-state index is 12.8. The summed E-state index contributed by atoms with van der Waals surface area (Å²) in [5.41, 5.74) is 0.544. The Kier molecular flexibility index (Phi) is 6.09. The van der Waals surface area contributed by atoms with E-state index in [4.69, 9.17) is 9.47 Å². The van der Waals surface area contributed by atoms with E-state index in [1.54, 1.807) is 19.9 Å². The quantitative estimate of drug-likeness (QED) is 0.493. The second-order valence-electron chi connectivity index (χ2n) is 9.94. The number of hydrogen-bond donors (Lipinski definition) is 3. The van der Waals surface area contributed by atoms with Gasteiger partial charge in [-0.25, -0.2) is 4.79 Å². The Morgan fingerprint density at radius 1 is 1.31 bits per heavy atom. The number of rotatable bonds is 8. The molecule has 3 heterocycles. The molecule has 3 aliphatic carbocycles. The molecule has 36 heavy (non-hydrogen) atoms. The molecule has 4 fully saturated rings. The van der Waals surface area contributed by atoms with Gasteiger partial charge in [-0.2, -0.15) is 18.3 Å². The Morgan fingerprint density at radius 2 is 2.06 bits per heavy atom. The van der Waals surface area contributed by atoms with Crippen LogP contribution >= 0.6 is 0 Å². The van der Waals surface area contributed by atoms with Crippen LogP contribution in [0.1, 0.15) is 67.9 Å². The number of ether oxygens (including phenoxy) is 3. The highest BCUT2D eigenvalue weighted by atomic mass is 19.4. The third-order valence-electron chi connectivity index (χ3n) is 6.64. The predicted octanol–water partition coefficient (Wildman–Crippen LogP) is 3.49. The number of anilines is 1. The maximum Gasteiger partial charge on any atom is 0.422 e. The minimum atomic E-state index is -4.53. The van der Waals surface area contributed by atoms with Crippen molar-refractivity contribution in [3.8, 4) is 5.88 Å². The molecule has 0 unspecified atom stereocenters. The summed E-state index contributed by atoms with van der Waals surface area (Å²) in [5.74, 6) is 0.0150. The van der Waals surface area contributed by atoms with E-state index >= 15 is 0 Å². The van der Waals surface area contributed by atoms with Crippen molar-refractivity contribution in [1.82, 2.24) is 25.3 Å². The molecule has 0 spiro atoms. The topological polar surface area (TPSA) is 132 Å². The van der Waals surface area contributed by atoms with Crippen molar-refractivity contribution >= 4 is 17.8 Å². The Hall–Kier alpha value is -3.29. The van der Waals surface area contributed by atoms with Crippen molar-refractivity contribution in [2.75, 3.05) is 18.5 Å². The van der Waals surface area contributed by atoms with E-state index in [1.807, 2.05) is 0 Å². The molecule has 6 rings (SSSR count). The van der Waals surface area contributed by atoms with Crippen LogP contribution in [0, 0.1) is 5.92 Å². The average molecular weight is 512 g/mol. The van der Waals surface area contributed by atoms with Crippen molar-refractivity contribution in [2.24, 2.45) is 5.92 Å². The first-order valence-electron chi connectivity index (χ1n) is 11.7. The van der Waals surface area contributed by atoms with Gasteiger partial charge in [-0.15, -0.1) is 5.10 Å². The summed E-state index contributed by atoms with van der Waals surface area (Å²) < 4.78 is 54.6. The summed E-state index contributed by atoms with van der Waals surface area (Å²) in [7, 11) is 0. The van der Waals surface area contributed by atoms with Crippen molar-refractivity contribution in [3.63, 3.8) is 0 Å². The van der Waals surface area contributed by atoms with Crippen LogP contribution in [-0.4, -0.2) is 63.0 Å². The van der Waals surface area contributed by atoms with Gasteiger partial charge >= 0.3 is 12.3 Å². The van der Waals surface area contributed by atoms with Crippen LogP contribution in [-0.2, 0) is 9.47 Å². The van der Waals surface area contributed by atoms with E-state index in [0.29, 0.717) is 12.1 Å². The number of aromatic amines is 1. The Balaban J connectivity index is 1.16. The van der Waals surface area contributed by atoms with Crippen LogP contribution in [0.4, 0.5) is 23.8 Å². The largest absolute Gasteiger partial charge is 0.467 e. The summed E-state index contributed by atoms with van der Waals surface area (Å²) in [6, 6.07) is 2.43. The van der Waals surface area contributed by atoms with Gasteiger partial charge in [-0.05, 0) is 39.0 Å². The lowest BCUT2D eigenvalue weighted by atomic mass is 9.50. The highest BCUT2D eigenvalue weighted by Gasteiger charge is 2.57. The Labute approximate surface area is 204 Å². The molecule has 4 aliphatic rings. The third kappa shape index (κ3) is 5.13. The number of H-pyrrole nitrogens is 1. The number of nitrogens with zero attached hydrogens (tertiary/aromatic N) is 3. The van der Waals surface area contributed by atoms with Crippen LogP contribution in [0.2, 0.25) is 0 Å². The van der Waals surface area contributed by atoms with Gasteiger partial charge in [0.1, 0.15) is 17.9 Å². The smallest absolute Gasteiger partial charge is 0.422 e. The van der Waals surface area contributed by atoms with E-state index in [0.717, 1.165) is 31.2 Å². The maximum atomic E-state index is 12.8. The van der Waals surface area contributed by atoms with Crippen LogP contribution in [0.15, 0.2) is 12.1 Å². The van der Waals surface area contributed by atoms with Gasteiger partial charge in [0.05, 0.1) is 12.3 Å². The zero-order chi connectivity index (χ0) is 25.7. The van der Waals surface area contributed by atoms with Gasteiger partial charge in [0.25, 0.3) is 5.91 Å². The van der Waals surface area contributed by atoms with E-state index in [1.165, 1.54) is 4.68 Å². The summed E-state index contributed by atoms with van der Waals surface area (Å²) in [5, 5.41) is 16.4. The average Bonchev–Trinajstić information content (AvgIpc) is 3.47. The van der Waals surface area contributed by atoms with Crippen LogP contribution in [0.5, 0.6) is 5.88 Å². The third-order valence-corrected chi connectivity index (χ3v) is 6.64. The van der Waals surface area contributed by atoms with Gasteiger partial charge < -0.3 is 24.8 Å². The van der Waals surface area contributed by atoms with Crippen molar-refractivity contribution in [1.29, 1.82) is 0 Å². The number of alkyl halides is 3. The molecule has 0 aromatic carbocycles. The summed E-state index contributed by atoms with van der Waals surface area (Å²) >= 11 is 0. The molecular formula is C22H27F3N6O5. The fraction of sp³-hybridized carbons (Fsp3) is 0.636. The molecule has 3 saturated carbocycles. The zero-order valence-corrected chi connectivity index (χ0v) is 19.7. The van der Waals surface area contributed by atoms with E-state index in [2.05, 4.69) is 30.7 Å². The highest BCUT2D eigenvalue weighted by molar-refractivity contribution is 6.02. The second-order valence-corrected chi connectivity index (χ2v) is 9.94. The van der Waals surface area contributed by atoms with Gasteiger partial charge in [0.2, 0.25) is 5.88 Å². The molecule has 2 bridgehead atoms. The summed E-state index contributed by atoms with van der Waals surface area (Å²) in [4.78, 5) is 25.0.